The second-order valence-corrected chi connectivity index (χ2v) is 5.10. The van der Waals surface area contributed by atoms with Crippen molar-refractivity contribution in [1.29, 1.82) is 5.26 Å². The smallest absolute Gasteiger partial charge is 0.319 e. The van der Waals surface area contributed by atoms with Gasteiger partial charge in [0.25, 0.3) is 0 Å². The van der Waals surface area contributed by atoms with Gasteiger partial charge in [0, 0.05) is 12.4 Å². The number of ether oxygens (including phenoxy) is 1. The Bertz CT molecular complexity index is 726. The molecule has 2 rings (SSSR count). The van der Waals surface area contributed by atoms with Crippen molar-refractivity contribution in [2.45, 2.75) is 26.3 Å². The molecule has 24 heavy (non-hydrogen) atoms. The molecule has 124 valence electrons. The lowest BCUT2D eigenvalue weighted by Crippen LogP contribution is -2.32. The Morgan fingerprint density at radius 2 is 2.04 bits per heavy atom. The zero-order valence-electron chi connectivity index (χ0n) is 13.7. The molecule has 0 aliphatic carbocycles. The van der Waals surface area contributed by atoms with Gasteiger partial charge < -0.3 is 15.4 Å². The molecule has 1 heterocycles. The standard InChI is InChI=1S/C18H20N4O2/c1-3-15(14-7-9-20-10-8-14)21-18(23)22-16-11-13(12-19)5-6-17(16)24-4-2/h5-11,15H,3-4H2,1-2H3,(H2,21,22,23). The first-order chi connectivity index (χ1) is 11.7. The number of aromatic nitrogens is 1. The summed E-state index contributed by atoms with van der Waals surface area (Å²) in [6.45, 7) is 4.32. The molecule has 0 bridgehead atoms. The van der Waals surface area contributed by atoms with Crippen molar-refractivity contribution in [3.05, 3.63) is 53.9 Å². The largest absolute Gasteiger partial charge is 0.492 e. The van der Waals surface area contributed by atoms with Crippen LogP contribution in [0.2, 0.25) is 0 Å². The number of amides is 2. The molecule has 1 aromatic carbocycles. The summed E-state index contributed by atoms with van der Waals surface area (Å²) in [5, 5.41) is 14.7. The number of pyridine rings is 1. The second kappa shape index (κ2) is 8.53. The van der Waals surface area contributed by atoms with Crippen LogP contribution in [0.5, 0.6) is 5.75 Å². The molecule has 0 saturated heterocycles. The van der Waals surface area contributed by atoms with Crippen molar-refractivity contribution in [1.82, 2.24) is 10.3 Å². The number of urea groups is 1. The Hall–Kier alpha value is -3.07. The van der Waals surface area contributed by atoms with Gasteiger partial charge in [0.2, 0.25) is 0 Å². The minimum absolute atomic E-state index is 0.123. The van der Waals surface area contributed by atoms with Crippen molar-refractivity contribution in [2.24, 2.45) is 0 Å². The molecule has 0 aliphatic rings. The molecule has 6 nitrogen and oxygen atoms in total. The van der Waals surface area contributed by atoms with E-state index >= 15 is 0 Å². The van der Waals surface area contributed by atoms with Crippen LogP contribution < -0.4 is 15.4 Å². The highest BCUT2D eigenvalue weighted by atomic mass is 16.5. The average Bonchev–Trinajstić information content (AvgIpc) is 2.62. The quantitative estimate of drug-likeness (QED) is 0.849. The fourth-order valence-electron chi connectivity index (χ4n) is 2.31. The molecule has 0 radical (unpaired) electrons. The Balaban J connectivity index is 2.12. The fraction of sp³-hybridized carbons (Fsp3) is 0.278. The van der Waals surface area contributed by atoms with Crippen molar-refractivity contribution in [3.63, 3.8) is 0 Å². The van der Waals surface area contributed by atoms with E-state index in [4.69, 9.17) is 10.00 Å². The third-order valence-electron chi connectivity index (χ3n) is 3.48. The summed E-state index contributed by atoms with van der Waals surface area (Å²) >= 11 is 0. The SMILES string of the molecule is CCOc1ccc(C#N)cc1NC(=O)NC(CC)c1ccncc1. The molecule has 2 amide bonds. The number of nitrogens with zero attached hydrogens (tertiary/aromatic N) is 2. The molecular weight excluding hydrogens is 304 g/mol. The van der Waals surface area contributed by atoms with E-state index in [1.54, 1.807) is 30.6 Å². The first-order valence-electron chi connectivity index (χ1n) is 7.82. The van der Waals surface area contributed by atoms with Crippen LogP contribution in [0, 0.1) is 11.3 Å². The number of benzene rings is 1. The molecule has 2 N–H and O–H groups in total. The molecule has 1 unspecified atom stereocenters. The highest BCUT2D eigenvalue weighted by Crippen LogP contribution is 2.26. The Morgan fingerprint density at radius 1 is 1.29 bits per heavy atom. The van der Waals surface area contributed by atoms with Crippen molar-refractivity contribution >= 4 is 11.7 Å². The summed E-state index contributed by atoms with van der Waals surface area (Å²) in [5.41, 5.74) is 1.91. The van der Waals surface area contributed by atoms with Gasteiger partial charge in [-0.05, 0) is 49.2 Å². The molecule has 6 heteroatoms. The topological polar surface area (TPSA) is 87.0 Å². The molecule has 0 aliphatic heterocycles. The average molecular weight is 324 g/mol. The lowest BCUT2D eigenvalue weighted by molar-refractivity contribution is 0.248. The molecule has 1 atom stereocenters. The highest BCUT2D eigenvalue weighted by molar-refractivity contribution is 5.91. The van der Waals surface area contributed by atoms with Crippen molar-refractivity contribution in [3.8, 4) is 11.8 Å². The Morgan fingerprint density at radius 3 is 2.67 bits per heavy atom. The number of nitriles is 1. The van der Waals surface area contributed by atoms with E-state index in [9.17, 15) is 4.79 Å². The zero-order valence-corrected chi connectivity index (χ0v) is 13.7. The van der Waals surface area contributed by atoms with E-state index in [1.165, 1.54) is 0 Å². The van der Waals surface area contributed by atoms with Gasteiger partial charge in [0.05, 0.1) is 30.0 Å². The summed E-state index contributed by atoms with van der Waals surface area (Å²) in [4.78, 5) is 16.3. The van der Waals surface area contributed by atoms with E-state index in [0.717, 1.165) is 12.0 Å². The maximum Gasteiger partial charge on any atom is 0.319 e. The van der Waals surface area contributed by atoms with Gasteiger partial charge in [-0.3, -0.25) is 4.98 Å². The first-order valence-corrected chi connectivity index (χ1v) is 7.82. The Labute approximate surface area is 141 Å². The summed E-state index contributed by atoms with van der Waals surface area (Å²) in [6.07, 6.45) is 4.14. The lowest BCUT2D eigenvalue weighted by Gasteiger charge is -2.18. The molecule has 1 aromatic heterocycles. The van der Waals surface area contributed by atoms with Crippen LogP contribution >= 0.6 is 0 Å². The molecular formula is C18H20N4O2. The van der Waals surface area contributed by atoms with Crippen molar-refractivity contribution in [2.75, 3.05) is 11.9 Å². The lowest BCUT2D eigenvalue weighted by atomic mass is 10.1. The van der Waals surface area contributed by atoms with E-state index in [2.05, 4.69) is 21.7 Å². The predicted octanol–water partition coefficient (Wildman–Crippen LogP) is 3.62. The second-order valence-electron chi connectivity index (χ2n) is 5.10. The van der Waals surface area contributed by atoms with Gasteiger partial charge in [-0.15, -0.1) is 0 Å². The number of carbonyl (C=O) groups excluding carboxylic acids is 1. The molecule has 0 fully saturated rings. The highest BCUT2D eigenvalue weighted by Gasteiger charge is 2.14. The van der Waals surface area contributed by atoms with Gasteiger partial charge in [-0.1, -0.05) is 6.92 Å². The van der Waals surface area contributed by atoms with Crippen LogP contribution in [0.25, 0.3) is 0 Å². The van der Waals surface area contributed by atoms with Crippen molar-refractivity contribution < 1.29 is 9.53 Å². The monoisotopic (exact) mass is 324 g/mol. The number of nitrogens with one attached hydrogen (secondary N) is 2. The van der Waals surface area contributed by atoms with E-state index < -0.39 is 0 Å². The number of anilines is 1. The zero-order chi connectivity index (χ0) is 17.4. The normalized spacial score (nSPS) is 11.2. The van der Waals surface area contributed by atoms with Gasteiger partial charge in [0.15, 0.2) is 0 Å². The minimum Gasteiger partial charge on any atom is -0.492 e. The van der Waals surface area contributed by atoms with Gasteiger partial charge >= 0.3 is 6.03 Å². The third kappa shape index (κ3) is 4.46. The number of rotatable bonds is 6. The summed E-state index contributed by atoms with van der Waals surface area (Å²) in [6, 6.07) is 10.2. The maximum absolute atomic E-state index is 12.3. The summed E-state index contributed by atoms with van der Waals surface area (Å²) < 4.78 is 5.49. The van der Waals surface area contributed by atoms with Crippen LogP contribution in [0.15, 0.2) is 42.7 Å². The van der Waals surface area contributed by atoms with E-state index in [0.29, 0.717) is 23.6 Å². The van der Waals surface area contributed by atoms with Crippen LogP contribution in [0.1, 0.15) is 37.4 Å². The van der Waals surface area contributed by atoms with Gasteiger partial charge in [-0.2, -0.15) is 5.26 Å². The third-order valence-corrected chi connectivity index (χ3v) is 3.48. The number of hydrogen-bond donors (Lipinski definition) is 2. The summed E-state index contributed by atoms with van der Waals surface area (Å²) in [5.74, 6) is 0.531. The number of carbonyl (C=O) groups is 1. The molecule has 2 aromatic rings. The van der Waals surface area contributed by atoms with E-state index in [-0.39, 0.29) is 12.1 Å². The Kier molecular flexibility index (Phi) is 6.15. The van der Waals surface area contributed by atoms with Gasteiger partial charge in [-0.25, -0.2) is 4.79 Å². The predicted molar refractivity (Wildman–Crippen MR) is 91.7 cm³/mol. The first kappa shape index (κ1) is 17.3. The maximum atomic E-state index is 12.3. The summed E-state index contributed by atoms with van der Waals surface area (Å²) in [7, 11) is 0. The minimum atomic E-state index is -0.352. The van der Waals surface area contributed by atoms with Crippen LogP contribution in [-0.4, -0.2) is 17.6 Å². The molecule has 0 spiro atoms. The van der Waals surface area contributed by atoms with Crippen LogP contribution in [-0.2, 0) is 0 Å². The molecule has 0 saturated carbocycles. The van der Waals surface area contributed by atoms with E-state index in [1.807, 2.05) is 26.0 Å². The van der Waals surface area contributed by atoms with Gasteiger partial charge in [0.1, 0.15) is 5.75 Å². The van der Waals surface area contributed by atoms with Crippen LogP contribution in [0.3, 0.4) is 0 Å². The fourth-order valence-corrected chi connectivity index (χ4v) is 2.31. The van der Waals surface area contributed by atoms with Crippen LogP contribution in [0.4, 0.5) is 10.5 Å². The number of hydrogen-bond acceptors (Lipinski definition) is 4.